The Labute approximate surface area is 98.1 Å². The third-order valence-electron chi connectivity index (χ3n) is 2.18. The van der Waals surface area contributed by atoms with Crippen LogP contribution in [0.2, 0.25) is 0 Å². The zero-order valence-electron chi connectivity index (χ0n) is 8.00. The molecule has 0 aromatic heterocycles. The molecule has 2 aromatic carbocycles. The highest BCUT2D eigenvalue weighted by molar-refractivity contribution is 14.1. The molecular weight excluding hydrogens is 283 g/mol. The van der Waals surface area contributed by atoms with Crippen molar-refractivity contribution in [1.29, 1.82) is 0 Å². The normalized spacial score (nSPS) is 10.1. The van der Waals surface area contributed by atoms with E-state index in [9.17, 15) is 0 Å². The van der Waals surface area contributed by atoms with Gasteiger partial charge in [0.05, 0.1) is 0 Å². The predicted molar refractivity (Wildman–Crippen MR) is 69.3 cm³/mol. The van der Waals surface area contributed by atoms with Crippen molar-refractivity contribution in [3.63, 3.8) is 0 Å². The van der Waals surface area contributed by atoms with E-state index in [1.165, 1.54) is 20.3 Å². The maximum atomic E-state index is 2.34. The first-order valence-corrected chi connectivity index (χ1v) is 5.66. The molecule has 0 aliphatic heterocycles. The third kappa shape index (κ3) is 2.15. The molecule has 0 spiro atoms. The highest BCUT2D eigenvalue weighted by Gasteiger charge is 1.97. The maximum absolute atomic E-state index is 2.34. The summed E-state index contributed by atoms with van der Waals surface area (Å²) in [6.07, 6.45) is 0. The Balaban J connectivity index is 2.49. The molecule has 0 saturated carbocycles. The number of hydrogen-bond donors (Lipinski definition) is 0. The zero-order chi connectivity index (χ0) is 9.97. The molecule has 14 heavy (non-hydrogen) atoms. The fourth-order valence-corrected chi connectivity index (χ4v) is 2.04. The zero-order valence-corrected chi connectivity index (χ0v) is 10.2. The first-order valence-electron chi connectivity index (χ1n) is 4.58. The van der Waals surface area contributed by atoms with Crippen LogP contribution in [-0.4, -0.2) is 0 Å². The van der Waals surface area contributed by atoms with Gasteiger partial charge >= 0.3 is 0 Å². The van der Waals surface area contributed by atoms with E-state index in [2.05, 4.69) is 78.0 Å². The summed E-state index contributed by atoms with van der Waals surface area (Å²) in [6.45, 7) is 2.12. The fraction of sp³-hybridized carbons (Fsp3) is 0.0769. The molecule has 2 aromatic rings. The van der Waals surface area contributed by atoms with E-state index < -0.39 is 0 Å². The van der Waals surface area contributed by atoms with Crippen LogP contribution < -0.4 is 0 Å². The Bertz CT molecular complexity index is 403. The van der Waals surface area contributed by atoms with E-state index in [-0.39, 0.29) is 0 Å². The van der Waals surface area contributed by atoms with Gasteiger partial charge in [0.25, 0.3) is 0 Å². The van der Waals surface area contributed by atoms with Crippen molar-refractivity contribution in [2.24, 2.45) is 0 Å². The Morgan fingerprint density at radius 2 is 1.50 bits per heavy atom. The van der Waals surface area contributed by atoms with Gasteiger partial charge in [0.1, 0.15) is 0 Å². The summed E-state index contributed by atoms with van der Waals surface area (Å²) >= 11 is 2.34. The van der Waals surface area contributed by atoms with Crippen molar-refractivity contribution in [1.82, 2.24) is 0 Å². The summed E-state index contributed by atoms with van der Waals surface area (Å²) in [5.74, 6) is 0. The molecule has 0 aliphatic rings. The third-order valence-corrected chi connectivity index (χ3v) is 2.85. The van der Waals surface area contributed by atoms with Gasteiger partial charge in [-0.3, -0.25) is 0 Å². The van der Waals surface area contributed by atoms with E-state index in [1.54, 1.807) is 0 Å². The van der Waals surface area contributed by atoms with Crippen LogP contribution in [0.25, 0.3) is 11.1 Å². The SMILES string of the molecule is Cc1cccc(-c2cccc(I)c2)c1. The van der Waals surface area contributed by atoms with Crippen LogP contribution in [0, 0.1) is 10.5 Å². The monoisotopic (exact) mass is 294 g/mol. The standard InChI is InChI=1S/C13H11I/c1-10-4-2-5-11(8-10)12-6-3-7-13(14)9-12/h2-9H,1H3. The number of hydrogen-bond acceptors (Lipinski definition) is 0. The van der Waals surface area contributed by atoms with Gasteiger partial charge < -0.3 is 0 Å². The first kappa shape index (κ1) is 9.71. The molecule has 2 rings (SSSR count). The van der Waals surface area contributed by atoms with Crippen LogP contribution in [0.1, 0.15) is 5.56 Å². The van der Waals surface area contributed by atoms with Gasteiger partial charge in [0.15, 0.2) is 0 Å². The van der Waals surface area contributed by atoms with Gasteiger partial charge in [0.2, 0.25) is 0 Å². The van der Waals surface area contributed by atoms with Crippen LogP contribution in [0.4, 0.5) is 0 Å². The molecule has 0 fully saturated rings. The summed E-state index contributed by atoms with van der Waals surface area (Å²) in [4.78, 5) is 0. The van der Waals surface area contributed by atoms with E-state index in [0.717, 1.165) is 0 Å². The van der Waals surface area contributed by atoms with Crippen molar-refractivity contribution < 1.29 is 0 Å². The van der Waals surface area contributed by atoms with Crippen molar-refractivity contribution in [3.05, 3.63) is 57.7 Å². The summed E-state index contributed by atoms with van der Waals surface area (Å²) < 4.78 is 1.28. The Kier molecular flexibility index (Phi) is 2.87. The number of halogens is 1. The second-order valence-electron chi connectivity index (χ2n) is 3.38. The average molecular weight is 294 g/mol. The molecule has 0 unspecified atom stereocenters. The quantitative estimate of drug-likeness (QED) is 0.689. The van der Waals surface area contributed by atoms with E-state index in [4.69, 9.17) is 0 Å². The molecule has 0 radical (unpaired) electrons. The second-order valence-corrected chi connectivity index (χ2v) is 4.63. The number of benzene rings is 2. The maximum Gasteiger partial charge on any atom is 0.0136 e. The van der Waals surface area contributed by atoms with E-state index >= 15 is 0 Å². The molecule has 1 heteroatoms. The van der Waals surface area contributed by atoms with Crippen LogP contribution in [0.15, 0.2) is 48.5 Å². The smallest absolute Gasteiger partial charge is 0.0136 e. The minimum atomic E-state index is 1.28. The minimum absolute atomic E-state index is 1.28. The fourth-order valence-electron chi connectivity index (χ4n) is 1.49. The minimum Gasteiger partial charge on any atom is -0.0614 e. The molecule has 0 saturated heterocycles. The average Bonchev–Trinajstić information content (AvgIpc) is 2.18. The second kappa shape index (κ2) is 4.13. The summed E-state index contributed by atoms with van der Waals surface area (Å²) in [5.41, 5.74) is 3.89. The molecule has 0 N–H and O–H groups in total. The molecule has 0 nitrogen and oxygen atoms in total. The summed E-state index contributed by atoms with van der Waals surface area (Å²) in [7, 11) is 0. The van der Waals surface area contributed by atoms with E-state index in [0.29, 0.717) is 0 Å². The van der Waals surface area contributed by atoms with Crippen LogP contribution >= 0.6 is 22.6 Å². The lowest BCUT2D eigenvalue weighted by molar-refractivity contribution is 1.46. The van der Waals surface area contributed by atoms with Crippen LogP contribution in [0.5, 0.6) is 0 Å². The largest absolute Gasteiger partial charge is 0.0614 e. The lowest BCUT2D eigenvalue weighted by Gasteiger charge is -2.02. The topological polar surface area (TPSA) is 0 Å². The molecule has 70 valence electrons. The summed E-state index contributed by atoms with van der Waals surface area (Å²) in [6, 6.07) is 17.2. The number of aryl methyl sites for hydroxylation is 1. The molecule has 0 aliphatic carbocycles. The van der Waals surface area contributed by atoms with Crippen LogP contribution in [-0.2, 0) is 0 Å². The van der Waals surface area contributed by atoms with Crippen molar-refractivity contribution in [2.75, 3.05) is 0 Å². The van der Waals surface area contributed by atoms with Gasteiger partial charge in [-0.15, -0.1) is 0 Å². The van der Waals surface area contributed by atoms with Gasteiger partial charge in [-0.1, -0.05) is 42.0 Å². The molecule has 0 bridgehead atoms. The molecular formula is C13H11I. The van der Waals surface area contributed by atoms with Crippen molar-refractivity contribution in [3.8, 4) is 11.1 Å². The molecule has 0 heterocycles. The van der Waals surface area contributed by atoms with E-state index in [1.807, 2.05) is 0 Å². The highest BCUT2D eigenvalue weighted by atomic mass is 127. The lowest BCUT2D eigenvalue weighted by atomic mass is 10.0. The van der Waals surface area contributed by atoms with Gasteiger partial charge in [0, 0.05) is 3.57 Å². The number of rotatable bonds is 1. The van der Waals surface area contributed by atoms with Gasteiger partial charge in [-0.25, -0.2) is 0 Å². The molecule has 0 amide bonds. The Morgan fingerprint density at radius 1 is 0.857 bits per heavy atom. The van der Waals surface area contributed by atoms with Crippen molar-refractivity contribution >= 4 is 22.6 Å². The van der Waals surface area contributed by atoms with Gasteiger partial charge in [-0.05, 0) is 52.8 Å². The van der Waals surface area contributed by atoms with Gasteiger partial charge in [-0.2, -0.15) is 0 Å². The Hall–Kier alpha value is -0.830. The lowest BCUT2D eigenvalue weighted by Crippen LogP contribution is -1.79. The van der Waals surface area contributed by atoms with Crippen LogP contribution in [0.3, 0.4) is 0 Å². The first-order chi connectivity index (χ1) is 6.75. The van der Waals surface area contributed by atoms with Crippen molar-refractivity contribution in [2.45, 2.75) is 6.92 Å². The molecule has 0 atom stereocenters. The Morgan fingerprint density at radius 3 is 2.14 bits per heavy atom. The highest BCUT2D eigenvalue weighted by Crippen LogP contribution is 2.21. The summed E-state index contributed by atoms with van der Waals surface area (Å²) in [5, 5.41) is 0. The predicted octanol–water partition coefficient (Wildman–Crippen LogP) is 4.27.